The Bertz CT molecular complexity index is 460. The summed E-state index contributed by atoms with van der Waals surface area (Å²) in [4.78, 5) is 0. The molecule has 3 heteroatoms. The molecule has 0 saturated heterocycles. The van der Waals surface area contributed by atoms with Crippen molar-refractivity contribution in [1.29, 1.82) is 0 Å². The predicted molar refractivity (Wildman–Crippen MR) is 67.7 cm³/mol. The third-order valence-electron chi connectivity index (χ3n) is 2.76. The lowest BCUT2D eigenvalue weighted by Crippen LogP contribution is -2.08. The molecule has 1 aromatic heterocycles. The van der Waals surface area contributed by atoms with Crippen molar-refractivity contribution < 1.29 is 0 Å². The van der Waals surface area contributed by atoms with Crippen molar-refractivity contribution >= 4 is 23.3 Å². The number of hydrogen-bond donors (Lipinski definition) is 1. The number of nitrogens with zero attached hydrogens (tertiary/aromatic N) is 1. The summed E-state index contributed by atoms with van der Waals surface area (Å²) in [6, 6.07) is 8.70. The first-order chi connectivity index (χ1) is 6.74. The van der Waals surface area contributed by atoms with Crippen LogP contribution in [0.3, 0.4) is 0 Å². The maximum atomic E-state index is 3.18. The van der Waals surface area contributed by atoms with Gasteiger partial charge in [-0.2, -0.15) is 0 Å². The average Bonchev–Trinajstić information content (AvgIpc) is 2.48. The van der Waals surface area contributed by atoms with E-state index in [9.17, 15) is 0 Å². The van der Waals surface area contributed by atoms with Gasteiger partial charge in [0, 0.05) is 30.2 Å². The van der Waals surface area contributed by atoms with Gasteiger partial charge in [0.05, 0.1) is 0 Å². The van der Waals surface area contributed by atoms with Crippen molar-refractivity contribution in [2.75, 3.05) is 7.05 Å². The van der Waals surface area contributed by atoms with Crippen molar-refractivity contribution in [2.24, 2.45) is 7.05 Å². The molecule has 0 atom stereocenters. The Labute approximate surface area is 96.7 Å². The molecule has 0 aliphatic rings. The molecule has 2 aromatic rings. The van der Waals surface area contributed by atoms with E-state index in [4.69, 9.17) is 0 Å². The minimum Gasteiger partial charge on any atom is -0.346 e. The Morgan fingerprint density at radius 2 is 2.07 bits per heavy atom. The zero-order chi connectivity index (χ0) is 10.1. The first-order valence-corrected chi connectivity index (χ1v) is 4.92. The molecule has 0 spiro atoms. The van der Waals surface area contributed by atoms with Gasteiger partial charge in [-0.05, 0) is 31.7 Å². The monoisotopic (exact) mass is 224 g/mol. The Kier molecular flexibility index (Phi) is 3.77. The van der Waals surface area contributed by atoms with Gasteiger partial charge in [0.1, 0.15) is 0 Å². The van der Waals surface area contributed by atoms with Gasteiger partial charge in [-0.3, -0.25) is 0 Å². The van der Waals surface area contributed by atoms with Crippen LogP contribution in [0.1, 0.15) is 11.3 Å². The molecule has 15 heavy (non-hydrogen) atoms. The van der Waals surface area contributed by atoms with Gasteiger partial charge in [0.15, 0.2) is 0 Å². The lowest BCUT2D eigenvalue weighted by atomic mass is 10.1. The van der Waals surface area contributed by atoms with E-state index in [1.807, 2.05) is 7.05 Å². The van der Waals surface area contributed by atoms with E-state index < -0.39 is 0 Å². The van der Waals surface area contributed by atoms with Crippen LogP contribution >= 0.6 is 12.4 Å². The third-order valence-corrected chi connectivity index (χ3v) is 2.76. The van der Waals surface area contributed by atoms with Crippen LogP contribution in [-0.2, 0) is 13.6 Å². The quantitative estimate of drug-likeness (QED) is 0.830. The van der Waals surface area contributed by atoms with E-state index in [1.54, 1.807) is 0 Å². The maximum absolute atomic E-state index is 3.18. The standard InChI is InChI=1S/C12H16N2.ClH/c1-9-5-4-6-12-11(9)7-10(8-13-2)14(12)3;/h4-7,13H,8H2,1-3H3;1H. The minimum absolute atomic E-state index is 0. The Morgan fingerprint density at radius 3 is 2.67 bits per heavy atom. The van der Waals surface area contributed by atoms with E-state index in [-0.39, 0.29) is 12.4 Å². The fourth-order valence-corrected chi connectivity index (χ4v) is 1.91. The smallest absolute Gasteiger partial charge is 0.0482 e. The number of aromatic nitrogens is 1. The Hall–Kier alpha value is -0.990. The molecule has 0 fully saturated rings. The molecule has 0 amide bonds. The van der Waals surface area contributed by atoms with Crippen LogP contribution in [0, 0.1) is 6.92 Å². The van der Waals surface area contributed by atoms with Crippen LogP contribution in [-0.4, -0.2) is 11.6 Å². The van der Waals surface area contributed by atoms with Crippen molar-refractivity contribution in [1.82, 2.24) is 9.88 Å². The Morgan fingerprint density at radius 1 is 1.33 bits per heavy atom. The maximum Gasteiger partial charge on any atom is 0.0482 e. The van der Waals surface area contributed by atoms with E-state index in [1.165, 1.54) is 22.2 Å². The number of aryl methyl sites for hydroxylation is 2. The van der Waals surface area contributed by atoms with E-state index in [2.05, 4.69) is 48.1 Å². The van der Waals surface area contributed by atoms with Crippen LogP contribution in [0.4, 0.5) is 0 Å². The van der Waals surface area contributed by atoms with E-state index in [0.717, 1.165) is 6.54 Å². The second-order valence-electron chi connectivity index (χ2n) is 3.73. The molecule has 1 N–H and O–H groups in total. The summed E-state index contributed by atoms with van der Waals surface area (Å²) in [5.41, 5.74) is 3.99. The number of nitrogens with one attached hydrogen (secondary N) is 1. The summed E-state index contributed by atoms with van der Waals surface area (Å²) in [5.74, 6) is 0. The number of halogens is 1. The number of benzene rings is 1. The molecule has 0 saturated carbocycles. The molecule has 0 aliphatic carbocycles. The normalized spacial score (nSPS) is 10.3. The molecule has 0 unspecified atom stereocenters. The molecule has 0 radical (unpaired) electrons. The third kappa shape index (κ3) is 2.01. The predicted octanol–water partition coefficient (Wildman–Crippen LogP) is 2.63. The molecular formula is C12H17ClN2. The molecule has 2 nitrogen and oxygen atoms in total. The highest BCUT2D eigenvalue weighted by Gasteiger charge is 2.05. The molecule has 82 valence electrons. The summed E-state index contributed by atoms with van der Waals surface area (Å²) in [6.45, 7) is 3.08. The molecular weight excluding hydrogens is 208 g/mol. The van der Waals surface area contributed by atoms with Gasteiger partial charge in [-0.15, -0.1) is 12.4 Å². The van der Waals surface area contributed by atoms with Crippen LogP contribution < -0.4 is 5.32 Å². The average molecular weight is 225 g/mol. The van der Waals surface area contributed by atoms with Gasteiger partial charge < -0.3 is 9.88 Å². The van der Waals surface area contributed by atoms with Crippen LogP contribution in [0.2, 0.25) is 0 Å². The summed E-state index contributed by atoms with van der Waals surface area (Å²) in [6.07, 6.45) is 0. The molecule has 0 bridgehead atoms. The van der Waals surface area contributed by atoms with Gasteiger partial charge >= 0.3 is 0 Å². The Balaban J connectivity index is 0.00000112. The summed E-state index contributed by atoms with van der Waals surface area (Å²) in [7, 11) is 4.10. The molecule has 0 aliphatic heterocycles. The van der Waals surface area contributed by atoms with Crippen molar-refractivity contribution in [3.8, 4) is 0 Å². The van der Waals surface area contributed by atoms with Crippen LogP contribution in [0.25, 0.3) is 10.9 Å². The molecule has 2 rings (SSSR count). The highest BCUT2D eigenvalue weighted by Crippen LogP contribution is 2.21. The van der Waals surface area contributed by atoms with Crippen LogP contribution in [0.15, 0.2) is 24.3 Å². The largest absolute Gasteiger partial charge is 0.346 e. The highest BCUT2D eigenvalue weighted by atomic mass is 35.5. The summed E-state index contributed by atoms with van der Waals surface area (Å²) >= 11 is 0. The fraction of sp³-hybridized carbons (Fsp3) is 0.333. The van der Waals surface area contributed by atoms with Crippen LogP contribution in [0.5, 0.6) is 0 Å². The SMILES string of the molecule is CNCc1cc2c(C)cccc2n1C.Cl. The van der Waals surface area contributed by atoms with Gasteiger partial charge in [0.25, 0.3) is 0 Å². The summed E-state index contributed by atoms with van der Waals surface area (Å²) < 4.78 is 2.25. The minimum atomic E-state index is 0. The zero-order valence-corrected chi connectivity index (χ0v) is 10.2. The second kappa shape index (κ2) is 4.69. The fourth-order valence-electron chi connectivity index (χ4n) is 1.91. The van der Waals surface area contributed by atoms with Crippen molar-refractivity contribution in [3.05, 3.63) is 35.5 Å². The first-order valence-electron chi connectivity index (χ1n) is 4.92. The first kappa shape index (κ1) is 12.1. The highest BCUT2D eigenvalue weighted by molar-refractivity contribution is 5.85. The summed E-state index contributed by atoms with van der Waals surface area (Å²) in [5, 5.41) is 4.55. The van der Waals surface area contributed by atoms with Gasteiger partial charge in [-0.25, -0.2) is 0 Å². The second-order valence-corrected chi connectivity index (χ2v) is 3.73. The van der Waals surface area contributed by atoms with Crippen molar-refractivity contribution in [3.63, 3.8) is 0 Å². The lowest BCUT2D eigenvalue weighted by molar-refractivity contribution is 0.745. The molecule has 1 heterocycles. The number of hydrogen-bond acceptors (Lipinski definition) is 1. The van der Waals surface area contributed by atoms with E-state index in [0.29, 0.717) is 0 Å². The topological polar surface area (TPSA) is 17.0 Å². The van der Waals surface area contributed by atoms with E-state index >= 15 is 0 Å². The zero-order valence-electron chi connectivity index (χ0n) is 9.37. The number of rotatable bonds is 2. The lowest BCUT2D eigenvalue weighted by Gasteiger charge is -2.02. The van der Waals surface area contributed by atoms with Gasteiger partial charge in [-0.1, -0.05) is 12.1 Å². The molecule has 1 aromatic carbocycles. The number of fused-ring (bicyclic) bond motifs is 1. The van der Waals surface area contributed by atoms with Crippen molar-refractivity contribution in [2.45, 2.75) is 13.5 Å². The van der Waals surface area contributed by atoms with Gasteiger partial charge in [0.2, 0.25) is 0 Å².